The van der Waals surface area contributed by atoms with E-state index in [1.54, 1.807) is 22.6 Å². The Bertz CT molecular complexity index is 1700. The standard InChI is InChI=1S/C29H28ClF2N7O3/c1-2-42-20-11-16(29(41)36-22-12-15(26(31)32)9-10-34-22)4-7-19(20)24-25-27(33)35-13-21(30)39(25)28(37-24)17-3-5-18-6-8-23(40)38(18)14-17/h4,7,9-13,17-18,26H,2-3,5-6,8,14H2,1H3,(H2,33,35)(H,34,36,41)/t17-,18+/m1/s1. The molecule has 1 aromatic carbocycles. The molecule has 0 unspecified atom stereocenters. The highest BCUT2D eigenvalue weighted by atomic mass is 35.5. The van der Waals surface area contributed by atoms with Crippen LogP contribution in [-0.4, -0.2) is 55.3 Å². The minimum atomic E-state index is -2.69. The van der Waals surface area contributed by atoms with Crippen LogP contribution >= 0.6 is 11.6 Å². The van der Waals surface area contributed by atoms with Crippen molar-refractivity contribution in [1.29, 1.82) is 0 Å². The van der Waals surface area contributed by atoms with E-state index < -0.39 is 12.3 Å². The van der Waals surface area contributed by atoms with Gasteiger partial charge in [-0.1, -0.05) is 11.6 Å². The van der Waals surface area contributed by atoms with Crippen LogP contribution in [0.25, 0.3) is 16.8 Å². The van der Waals surface area contributed by atoms with Gasteiger partial charge in [-0.15, -0.1) is 0 Å². The molecule has 0 saturated carbocycles. The van der Waals surface area contributed by atoms with E-state index in [-0.39, 0.29) is 40.6 Å². The zero-order valence-electron chi connectivity index (χ0n) is 22.7. The number of halogens is 3. The Hall–Kier alpha value is -4.32. The summed E-state index contributed by atoms with van der Waals surface area (Å²) in [6, 6.07) is 7.40. The van der Waals surface area contributed by atoms with Crippen LogP contribution in [0.1, 0.15) is 66.7 Å². The molecule has 0 radical (unpaired) electrons. The summed E-state index contributed by atoms with van der Waals surface area (Å²) >= 11 is 6.66. The van der Waals surface area contributed by atoms with Gasteiger partial charge in [-0.3, -0.25) is 14.0 Å². The quantitative estimate of drug-likeness (QED) is 0.289. The van der Waals surface area contributed by atoms with Crippen LogP contribution in [0.5, 0.6) is 5.75 Å². The van der Waals surface area contributed by atoms with Gasteiger partial charge in [0.2, 0.25) is 5.91 Å². The van der Waals surface area contributed by atoms with Crippen molar-refractivity contribution in [3.63, 3.8) is 0 Å². The van der Waals surface area contributed by atoms with Crippen LogP contribution in [0.4, 0.5) is 20.4 Å². The molecule has 10 nitrogen and oxygen atoms in total. The number of benzene rings is 1. The smallest absolute Gasteiger partial charge is 0.264 e. The van der Waals surface area contributed by atoms with Gasteiger partial charge in [0, 0.05) is 47.8 Å². The highest BCUT2D eigenvalue weighted by molar-refractivity contribution is 6.30. The first-order valence-electron chi connectivity index (χ1n) is 13.7. The summed E-state index contributed by atoms with van der Waals surface area (Å²) in [5.74, 6) is 0.795. The summed E-state index contributed by atoms with van der Waals surface area (Å²) < 4.78 is 33.9. The molecule has 2 fully saturated rings. The van der Waals surface area contributed by atoms with Crippen LogP contribution in [0, 0.1) is 0 Å². The number of aromatic nitrogens is 4. The van der Waals surface area contributed by atoms with Gasteiger partial charge in [0.15, 0.2) is 0 Å². The third-order valence-corrected chi connectivity index (χ3v) is 8.10. The van der Waals surface area contributed by atoms with Gasteiger partial charge in [0.25, 0.3) is 12.3 Å². The SMILES string of the molecule is CCOc1cc(C(=O)Nc2cc(C(F)F)ccn2)ccc1-c1nc([C@@H]2CC[C@H]3CCC(=O)N3C2)n2c(Cl)cnc(N)c12. The minimum Gasteiger partial charge on any atom is -0.493 e. The zero-order chi connectivity index (χ0) is 29.5. The summed E-state index contributed by atoms with van der Waals surface area (Å²) in [5, 5.41) is 2.89. The number of rotatable bonds is 7. The van der Waals surface area contributed by atoms with Gasteiger partial charge in [0.1, 0.15) is 39.6 Å². The van der Waals surface area contributed by atoms with Gasteiger partial charge in [0.05, 0.1) is 12.8 Å². The lowest BCUT2D eigenvalue weighted by Crippen LogP contribution is -2.41. The number of hydrogen-bond acceptors (Lipinski definition) is 7. The Labute approximate surface area is 244 Å². The fourth-order valence-corrected chi connectivity index (χ4v) is 6.06. The second kappa shape index (κ2) is 11.2. The van der Waals surface area contributed by atoms with Crippen molar-refractivity contribution in [2.45, 2.75) is 51.0 Å². The molecule has 0 aliphatic carbocycles. The summed E-state index contributed by atoms with van der Waals surface area (Å²) in [7, 11) is 0. The van der Waals surface area contributed by atoms with Crippen molar-refractivity contribution in [2.75, 3.05) is 24.2 Å². The number of fused-ring (bicyclic) bond motifs is 2. The second-order valence-corrected chi connectivity index (χ2v) is 10.7. The monoisotopic (exact) mass is 595 g/mol. The van der Waals surface area contributed by atoms with Crippen molar-refractivity contribution < 1.29 is 23.1 Å². The Morgan fingerprint density at radius 3 is 2.83 bits per heavy atom. The predicted octanol–water partition coefficient (Wildman–Crippen LogP) is 5.48. The number of alkyl halides is 2. The first kappa shape index (κ1) is 27.8. The lowest BCUT2D eigenvalue weighted by Gasteiger charge is -2.34. The van der Waals surface area contributed by atoms with Crippen LogP contribution in [-0.2, 0) is 4.79 Å². The van der Waals surface area contributed by atoms with Crippen LogP contribution in [0.2, 0.25) is 5.15 Å². The Morgan fingerprint density at radius 2 is 2.05 bits per heavy atom. The molecule has 3 N–H and O–H groups in total. The average molecular weight is 596 g/mol. The number of amides is 2. The van der Waals surface area contributed by atoms with Crippen LogP contribution in [0.15, 0.2) is 42.7 Å². The molecule has 3 aromatic heterocycles. The van der Waals surface area contributed by atoms with E-state index >= 15 is 0 Å². The summed E-state index contributed by atoms with van der Waals surface area (Å²) in [5.41, 5.74) is 7.90. The van der Waals surface area contributed by atoms with E-state index in [0.29, 0.717) is 53.1 Å². The number of anilines is 2. The molecule has 42 heavy (non-hydrogen) atoms. The number of piperidine rings is 1. The van der Waals surface area contributed by atoms with Gasteiger partial charge < -0.3 is 20.7 Å². The largest absolute Gasteiger partial charge is 0.493 e. The Balaban J connectivity index is 1.39. The van der Waals surface area contributed by atoms with Crippen LogP contribution in [0.3, 0.4) is 0 Å². The van der Waals surface area contributed by atoms with Gasteiger partial charge in [-0.2, -0.15) is 0 Å². The van der Waals surface area contributed by atoms with E-state index in [1.807, 2.05) is 11.8 Å². The van der Waals surface area contributed by atoms with E-state index in [4.69, 9.17) is 27.1 Å². The third-order valence-electron chi connectivity index (χ3n) is 7.83. The van der Waals surface area contributed by atoms with Crippen molar-refractivity contribution in [3.05, 3.63) is 64.8 Å². The molecular formula is C29H28ClF2N7O3. The molecule has 218 valence electrons. The number of nitrogens with zero attached hydrogens (tertiary/aromatic N) is 5. The minimum absolute atomic E-state index is 0.00395. The molecule has 2 aliphatic rings. The topological polar surface area (TPSA) is 128 Å². The highest BCUT2D eigenvalue weighted by Gasteiger charge is 2.38. The maximum absolute atomic E-state index is 13.1. The van der Waals surface area contributed by atoms with Gasteiger partial charge >= 0.3 is 0 Å². The van der Waals surface area contributed by atoms with Crippen molar-refractivity contribution >= 4 is 40.6 Å². The van der Waals surface area contributed by atoms with E-state index in [1.165, 1.54) is 18.5 Å². The number of carbonyl (C=O) groups excluding carboxylic acids is 2. The molecule has 2 aliphatic heterocycles. The summed E-state index contributed by atoms with van der Waals surface area (Å²) in [6.45, 7) is 2.65. The number of carbonyl (C=O) groups is 2. The molecular weight excluding hydrogens is 568 g/mol. The van der Waals surface area contributed by atoms with E-state index in [0.717, 1.165) is 25.3 Å². The van der Waals surface area contributed by atoms with Crippen molar-refractivity contribution in [2.24, 2.45) is 0 Å². The number of ether oxygens (including phenoxy) is 1. The second-order valence-electron chi connectivity index (χ2n) is 10.4. The molecule has 4 aromatic rings. The molecule has 0 bridgehead atoms. The average Bonchev–Trinajstić information content (AvgIpc) is 3.57. The lowest BCUT2D eigenvalue weighted by atomic mass is 9.92. The maximum atomic E-state index is 13.1. The Morgan fingerprint density at radius 1 is 1.21 bits per heavy atom. The maximum Gasteiger partial charge on any atom is 0.264 e. The molecule has 13 heteroatoms. The van der Waals surface area contributed by atoms with Gasteiger partial charge in [-0.05, 0) is 56.5 Å². The Kier molecular flexibility index (Phi) is 7.40. The molecule has 2 atom stereocenters. The van der Waals surface area contributed by atoms with Crippen LogP contribution < -0.4 is 15.8 Å². The number of hydrogen-bond donors (Lipinski definition) is 2. The number of imidazole rings is 1. The summed E-state index contributed by atoms with van der Waals surface area (Å²) in [6.07, 6.45) is 3.15. The molecule has 0 spiro atoms. The molecule has 6 rings (SSSR count). The van der Waals surface area contributed by atoms with E-state index in [9.17, 15) is 18.4 Å². The first-order valence-corrected chi connectivity index (χ1v) is 14.1. The molecule has 5 heterocycles. The number of pyridine rings is 1. The fraction of sp³-hybridized carbons (Fsp3) is 0.345. The molecule has 2 saturated heterocycles. The third kappa shape index (κ3) is 5.00. The zero-order valence-corrected chi connectivity index (χ0v) is 23.4. The first-order chi connectivity index (χ1) is 20.2. The fourth-order valence-electron chi connectivity index (χ4n) is 5.84. The lowest BCUT2D eigenvalue weighted by molar-refractivity contribution is -0.130. The summed E-state index contributed by atoms with van der Waals surface area (Å²) in [4.78, 5) is 40.7. The normalized spacial score (nSPS) is 18.5. The van der Waals surface area contributed by atoms with E-state index in [2.05, 4.69) is 15.3 Å². The molecule has 2 amide bonds. The van der Waals surface area contributed by atoms with Gasteiger partial charge in [-0.25, -0.2) is 23.7 Å². The predicted molar refractivity (Wildman–Crippen MR) is 153 cm³/mol. The number of nitrogens with two attached hydrogens (primary N) is 1. The highest BCUT2D eigenvalue weighted by Crippen LogP contribution is 2.41. The number of nitrogen functional groups attached to an aromatic ring is 1. The number of nitrogens with one attached hydrogen (secondary N) is 1. The van der Waals surface area contributed by atoms with Crippen molar-refractivity contribution in [3.8, 4) is 17.0 Å². The van der Waals surface area contributed by atoms with Crippen molar-refractivity contribution in [1.82, 2.24) is 24.3 Å².